The van der Waals surface area contributed by atoms with Crippen LogP contribution in [-0.2, 0) is 6.54 Å². The molecule has 0 spiro atoms. The Kier molecular flexibility index (Phi) is 4.46. The molecule has 0 aliphatic heterocycles. The van der Waals surface area contributed by atoms with Crippen LogP contribution in [-0.4, -0.2) is 5.11 Å². The van der Waals surface area contributed by atoms with Crippen LogP contribution in [0.5, 0.6) is 5.75 Å². The maximum absolute atomic E-state index is 9.85. The second kappa shape index (κ2) is 6.09. The van der Waals surface area contributed by atoms with Gasteiger partial charge in [0.05, 0.1) is 5.02 Å². The van der Waals surface area contributed by atoms with Crippen molar-refractivity contribution >= 4 is 11.6 Å². The Hall–Kier alpha value is -1.51. The first kappa shape index (κ1) is 13.9. The summed E-state index contributed by atoms with van der Waals surface area (Å²) in [6, 6.07) is 14.0. The fraction of sp³-hybridized carbons (Fsp3) is 0.250. The molecule has 0 unspecified atom stereocenters. The van der Waals surface area contributed by atoms with E-state index in [4.69, 9.17) is 11.6 Å². The minimum absolute atomic E-state index is 0.160. The minimum Gasteiger partial charge on any atom is -0.506 e. The van der Waals surface area contributed by atoms with E-state index in [-0.39, 0.29) is 11.8 Å². The van der Waals surface area contributed by atoms with E-state index in [1.165, 1.54) is 11.1 Å². The summed E-state index contributed by atoms with van der Waals surface area (Å²) in [6.07, 6.45) is 0. The number of phenolic OH excluding ortho intramolecular Hbond substituents is 1. The predicted octanol–water partition coefficient (Wildman–Crippen LogP) is 4.20. The van der Waals surface area contributed by atoms with Gasteiger partial charge in [-0.3, -0.25) is 0 Å². The van der Waals surface area contributed by atoms with Gasteiger partial charge in [0.15, 0.2) is 0 Å². The van der Waals surface area contributed by atoms with Gasteiger partial charge in [-0.2, -0.15) is 0 Å². The van der Waals surface area contributed by atoms with Crippen molar-refractivity contribution < 1.29 is 5.11 Å². The molecule has 0 fully saturated rings. The van der Waals surface area contributed by atoms with Crippen molar-refractivity contribution in [2.45, 2.75) is 26.4 Å². The summed E-state index contributed by atoms with van der Waals surface area (Å²) in [5, 5.41) is 13.6. The molecule has 0 aliphatic rings. The molecule has 100 valence electrons. The summed E-state index contributed by atoms with van der Waals surface area (Å²) in [5.74, 6) is 0.160. The van der Waals surface area contributed by atoms with Gasteiger partial charge >= 0.3 is 0 Å². The van der Waals surface area contributed by atoms with Crippen molar-refractivity contribution in [3.63, 3.8) is 0 Å². The van der Waals surface area contributed by atoms with Gasteiger partial charge in [0.1, 0.15) is 5.75 Å². The van der Waals surface area contributed by atoms with E-state index in [0.717, 1.165) is 5.56 Å². The molecule has 0 saturated carbocycles. The number of phenols is 1. The number of rotatable bonds is 4. The van der Waals surface area contributed by atoms with Crippen molar-refractivity contribution in [3.05, 3.63) is 64.2 Å². The van der Waals surface area contributed by atoms with E-state index in [9.17, 15) is 5.11 Å². The van der Waals surface area contributed by atoms with Crippen LogP contribution < -0.4 is 5.32 Å². The van der Waals surface area contributed by atoms with E-state index in [1.807, 2.05) is 12.1 Å². The van der Waals surface area contributed by atoms with E-state index in [2.05, 4.69) is 43.4 Å². The molecule has 0 saturated heterocycles. The van der Waals surface area contributed by atoms with Gasteiger partial charge < -0.3 is 10.4 Å². The van der Waals surface area contributed by atoms with Crippen LogP contribution in [0.4, 0.5) is 0 Å². The number of benzene rings is 2. The Morgan fingerprint density at radius 2 is 1.95 bits per heavy atom. The predicted molar refractivity (Wildman–Crippen MR) is 79.6 cm³/mol. The lowest BCUT2D eigenvalue weighted by atomic mass is 10.1. The quantitative estimate of drug-likeness (QED) is 0.876. The van der Waals surface area contributed by atoms with Gasteiger partial charge in [-0.05, 0) is 25.5 Å². The molecular weight excluding hydrogens is 258 g/mol. The Labute approximate surface area is 119 Å². The van der Waals surface area contributed by atoms with E-state index in [1.54, 1.807) is 6.07 Å². The van der Waals surface area contributed by atoms with Gasteiger partial charge in [0, 0.05) is 18.2 Å². The third kappa shape index (κ3) is 3.49. The molecule has 2 aromatic rings. The van der Waals surface area contributed by atoms with E-state index >= 15 is 0 Å². The first-order valence-corrected chi connectivity index (χ1v) is 6.72. The monoisotopic (exact) mass is 275 g/mol. The molecule has 2 nitrogen and oxygen atoms in total. The van der Waals surface area contributed by atoms with Gasteiger partial charge in [0.25, 0.3) is 0 Å². The van der Waals surface area contributed by atoms with Crippen LogP contribution >= 0.6 is 11.6 Å². The Morgan fingerprint density at radius 1 is 1.21 bits per heavy atom. The zero-order valence-corrected chi connectivity index (χ0v) is 11.9. The number of hydrogen-bond acceptors (Lipinski definition) is 2. The average Bonchev–Trinajstić information content (AvgIpc) is 2.40. The Bertz CT molecular complexity index is 568. The van der Waals surface area contributed by atoms with Crippen molar-refractivity contribution in [2.75, 3.05) is 0 Å². The van der Waals surface area contributed by atoms with Crippen LogP contribution in [0.2, 0.25) is 5.02 Å². The maximum atomic E-state index is 9.85. The molecule has 19 heavy (non-hydrogen) atoms. The highest BCUT2D eigenvalue weighted by Crippen LogP contribution is 2.27. The van der Waals surface area contributed by atoms with Crippen LogP contribution in [0.25, 0.3) is 0 Å². The largest absolute Gasteiger partial charge is 0.506 e. The summed E-state index contributed by atoms with van der Waals surface area (Å²) < 4.78 is 0. The third-order valence-electron chi connectivity index (χ3n) is 3.21. The highest BCUT2D eigenvalue weighted by molar-refractivity contribution is 6.32. The normalized spacial score (nSPS) is 12.4. The van der Waals surface area contributed by atoms with Gasteiger partial charge in [-0.25, -0.2) is 0 Å². The standard InChI is InChI=1S/C16H18ClNO/c1-11-5-3-6-13(9-11)12(2)18-10-14-7-4-8-15(17)16(14)19/h3-9,12,18-19H,10H2,1-2H3/t12-/m1/s1. The SMILES string of the molecule is Cc1cccc([C@@H](C)NCc2cccc(Cl)c2O)c1. The summed E-state index contributed by atoms with van der Waals surface area (Å²) in [7, 11) is 0. The molecule has 0 radical (unpaired) electrons. The Balaban J connectivity index is 2.04. The zero-order chi connectivity index (χ0) is 13.8. The van der Waals surface area contributed by atoms with Gasteiger partial charge in [-0.15, -0.1) is 0 Å². The molecule has 0 aliphatic carbocycles. The highest BCUT2D eigenvalue weighted by atomic mass is 35.5. The van der Waals surface area contributed by atoms with Gasteiger partial charge in [-0.1, -0.05) is 53.6 Å². The first-order valence-electron chi connectivity index (χ1n) is 6.34. The molecule has 2 aromatic carbocycles. The summed E-state index contributed by atoms with van der Waals surface area (Å²) in [4.78, 5) is 0. The van der Waals surface area contributed by atoms with E-state index in [0.29, 0.717) is 11.6 Å². The molecule has 2 rings (SSSR count). The van der Waals surface area contributed by atoms with Crippen molar-refractivity contribution in [3.8, 4) is 5.75 Å². The number of halogens is 1. The number of para-hydroxylation sites is 1. The van der Waals surface area contributed by atoms with Crippen LogP contribution in [0, 0.1) is 6.92 Å². The second-order valence-corrected chi connectivity index (χ2v) is 5.17. The topological polar surface area (TPSA) is 32.3 Å². The number of aryl methyl sites for hydroxylation is 1. The van der Waals surface area contributed by atoms with Crippen molar-refractivity contribution in [2.24, 2.45) is 0 Å². The summed E-state index contributed by atoms with van der Waals surface area (Å²) in [5.41, 5.74) is 3.30. The lowest BCUT2D eigenvalue weighted by Gasteiger charge is -2.15. The smallest absolute Gasteiger partial charge is 0.138 e. The molecule has 0 bridgehead atoms. The molecule has 0 heterocycles. The van der Waals surface area contributed by atoms with Crippen LogP contribution in [0.1, 0.15) is 29.7 Å². The van der Waals surface area contributed by atoms with Crippen LogP contribution in [0.3, 0.4) is 0 Å². The molecule has 1 atom stereocenters. The second-order valence-electron chi connectivity index (χ2n) is 4.76. The van der Waals surface area contributed by atoms with Crippen molar-refractivity contribution in [1.29, 1.82) is 0 Å². The molecule has 2 N–H and O–H groups in total. The fourth-order valence-electron chi connectivity index (χ4n) is 2.02. The Morgan fingerprint density at radius 3 is 2.68 bits per heavy atom. The number of aromatic hydroxyl groups is 1. The molecule has 0 amide bonds. The highest BCUT2D eigenvalue weighted by Gasteiger charge is 2.08. The molecular formula is C16H18ClNO. The van der Waals surface area contributed by atoms with Gasteiger partial charge in [0.2, 0.25) is 0 Å². The third-order valence-corrected chi connectivity index (χ3v) is 3.52. The zero-order valence-electron chi connectivity index (χ0n) is 11.2. The average molecular weight is 276 g/mol. The molecule has 3 heteroatoms. The molecule has 0 aromatic heterocycles. The summed E-state index contributed by atoms with van der Waals surface area (Å²) in [6.45, 7) is 4.77. The minimum atomic E-state index is 0.160. The lowest BCUT2D eigenvalue weighted by molar-refractivity contribution is 0.460. The number of hydrogen-bond donors (Lipinski definition) is 2. The summed E-state index contributed by atoms with van der Waals surface area (Å²) >= 11 is 5.89. The maximum Gasteiger partial charge on any atom is 0.138 e. The van der Waals surface area contributed by atoms with Crippen molar-refractivity contribution in [1.82, 2.24) is 5.32 Å². The van der Waals surface area contributed by atoms with Crippen LogP contribution in [0.15, 0.2) is 42.5 Å². The van der Waals surface area contributed by atoms with E-state index < -0.39 is 0 Å². The first-order chi connectivity index (χ1) is 9.08. The lowest BCUT2D eigenvalue weighted by Crippen LogP contribution is -2.18. The number of nitrogens with one attached hydrogen (secondary N) is 1. The fourth-order valence-corrected chi connectivity index (χ4v) is 2.22.